The summed E-state index contributed by atoms with van der Waals surface area (Å²) < 4.78 is 5.61. The van der Waals surface area contributed by atoms with E-state index in [4.69, 9.17) is 4.74 Å². The molecule has 1 atom stereocenters. The number of aromatic nitrogens is 1. The fourth-order valence-corrected chi connectivity index (χ4v) is 2.11. The highest BCUT2D eigenvalue weighted by molar-refractivity contribution is 5.76. The maximum Gasteiger partial charge on any atom is 0.220 e. The van der Waals surface area contributed by atoms with Crippen LogP contribution in [0.15, 0.2) is 48.8 Å². The van der Waals surface area contributed by atoms with E-state index in [-0.39, 0.29) is 11.9 Å². The van der Waals surface area contributed by atoms with Crippen LogP contribution in [0, 0.1) is 6.92 Å². The summed E-state index contributed by atoms with van der Waals surface area (Å²) in [6.45, 7) is 4.55. The number of nitrogens with zero attached hydrogens (tertiary/aromatic N) is 1. The van der Waals surface area contributed by atoms with E-state index in [1.54, 1.807) is 12.4 Å². The molecule has 4 nitrogen and oxygen atoms in total. The van der Waals surface area contributed by atoms with Gasteiger partial charge < -0.3 is 10.1 Å². The van der Waals surface area contributed by atoms with Crippen LogP contribution in [0.25, 0.3) is 0 Å². The van der Waals surface area contributed by atoms with Crippen LogP contribution < -0.4 is 10.1 Å². The number of rotatable bonds is 7. The number of carbonyl (C=O) groups is 1. The number of aryl methyl sites for hydroxylation is 1. The molecule has 1 aromatic heterocycles. The van der Waals surface area contributed by atoms with Gasteiger partial charge >= 0.3 is 0 Å². The second-order valence-corrected chi connectivity index (χ2v) is 5.33. The van der Waals surface area contributed by atoms with Crippen LogP contribution in [0.3, 0.4) is 0 Å². The van der Waals surface area contributed by atoms with Gasteiger partial charge in [-0.2, -0.15) is 0 Å². The zero-order valence-electron chi connectivity index (χ0n) is 13.1. The van der Waals surface area contributed by atoms with Gasteiger partial charge in [0.2, 0.25) is 5.91 Å². The standard InChI is InChI=1S/C18H22N2O2/c1-14-5-7-17(8-6-14)22-13-3-4-18(21)20-15(2)16-9-11-19-12-10-16/h5-12,15H,3-4,13H2,1-2H3,(H,20,21). The van der Waals surface area contributed by atoms with Crippen LogP contribution >= 0.6 is 0 Å². The fourth-order valence-electron chi connectivity index (χ4n) is 2.11. The van der Waals surface area contributed by atoms with Crippen LogP contribution in [0.1, 0.15) is 36.9 Å². The lowest BCUT2D eigenvalue weighted by atomic mass is 10.1. The topological polar surface area (TPSA) is 51.2 Å². The first-order valence-electron chi connectivity index (χ1n) is 7.54. The van der Waals surface area contributed by atoms with Crippen molar-refractivity contribution >= 4 is 5.91 Å². The number of ether oxygens (including phenoxy) is 1. The first kappa shape index (κ1) is 16.0. The zero-order chi connectivity index (χ0) is 15.8. The highest BCUT2D eigenvalue weighted by Crippen LogP contribution is 2.12. The molecule has 0 aliphatic heterocycles. The SMILES string of the molecule is Cc1ccc(OCCCC(=O)NC(C)c2ccncc2)cc1. The molecular weight excluding hydrogens is 276 g/mol. The third-order valence-electron chi connectivity index (χ3n) is 3.42. The van der Waals surface area contributed by atoms with E-state index in [2.05, 4.69) is 10.3 Å². The summed E-state index contributed by atoms with van der Waals surface area (Å²) in [4.78, 5) is 15.9. The Kier molecular flexibility index (Phi) is 5.95. The predicted octanol–water partition coefficient (Wildman–Crippen LogP) is 3.43. The van der Waals surface area contributed by atoms with E-state index in [1.165, 1.54) is 5.56 Å². The minimum absolute atomic E-state index is 0.00600. The lowest BCUT2D eigenvalue weighted by Gasteiger charge is -2.14. The van der Waals surface area contributed by atoms with Crippen LogP contribution in [0.5, 0.6) is 5.75 Å². The Morgan fingerprint density at radius 1 is 1.18 bits per heavy atom. The number of nitrogens with one attached hydrogen (secondary N) is 1. The largest absolute Gasteiger partial charge is 0.494 e. The third-order valence-corrected chi connectivity index (χ3v) is 3.42. The summed E-state index contributed by atoms with van der Waals surface area (Å²) in [6, 6.07) is 11.7. The summed E-state index contributed by atoms with van der Waals surface area (Å²) in [6.07, 6.45) is 4.62. The molecule has 22 heavy (non-hydrogen) atoms. The van der Waals surface area contributed by atoms with E-state index >= 15 is 0 Å². The molecule has 0 spiro atoms. The van der Waals surface area contributed by atoms with Gasteiger partial charge in [0.15, 0.2) is 0 Å². The molecule has 0 aliphatic carbocycles. The lowest BCUT2D eigenvalue weighted by Crippen LogP contribution is -2.26. The lowest BCUT2D eigenvalue weighted by molar-refractivity contribution is -0.121. The Labute approximate surface area is 131 Å². The van der Waals surface area contributed by atoms with Gasteiger partial charge in [0.25, 0.3) is 0 Å². The van der Waals surface area contributed by atoms with Gasteiger partial charge in [-0.15, -0.1) is 0 Å². The monoisotopic (exact) mass is 298 g/mol. The molecule has 0 bridgehead atoms. The summed E-state index contributed by atoms with van der Waals surface area (Å²) in [5.74, 6) is 0.882. The Morgan fingerprint density at radius 2 is 1.86 bits per heavy atom. The third kappa shape index (κ3) is 5.20. The number of carbonyl (C=O) groups excluding carboxylic acids is 1. The van der Waals surface area contributed by atoms with Gasteiger partial charge in [-0.05, 0) is 50.1 Å². The molecule has 2 rings (SSSR count). The Bertz CT molecular complexity index is 582. The molecule has 0 saturated carbocycles. The molecule has 1 aromatic carbocycles. The van der Waals surface area contributed by atoms with Gasteiger partial charge in [-0.25, -0.2) is 0 Å². The summed E-state index contributed by atoms with van der Waals surface area (Å²) in [7, 11) is 0. The molecule has 0 aliphatic rings. The normalized spacial score (nSPS) is 11.7. The number of benzene rings is 1. The van der Waals surface area contributed by atoms with Crippen molar-refractivity contribution in [2.75, 3.05) is 6.61 Å². The molecule has 4 heteroatoms. The molecule has 116 valence electrons. The Hall–Kier alpha value is -2.36. The van der Waals surface area contributed by atoms with Crippen LogP contribution in [0.4, 0.5) is 0 Å². The quantitative estimate of drug-likeness (QED) is 0.797. The van der Waals surface area contributed by atoms with Crippen LogP contribution in [-0.4, -0.2) is 17.5 Å². The molecule has 0 fully saturated rings. The van der Waals surface area contributed by atoms with Crippen molar-refractivity contribution in [2.45, 2.75) is 32.7 Å². The summed E-state index contributed by atoms with van der Waals surface area (Å²) >= 11 is 0. The van der Waals surface area contributed by atoms with Crippen molar-refractivity contribution < 1.29 is 9.53 Å². The Morgan fingerprint density at radius 3 is 2.55 bits per heavy atom. The average Bonchev–Trinajstić information content (AvgIpc) is 2.54. The van der Waals surface area contributed by atoms with E-state index in [1.807, 2.05) is 50.2 Å². The minimum atomic E-state index is -0.00600. The van der Waals surface area contributed by atoms with Gasteiger partial charge in [-0.3, -0.25) is 9.78 Å². The number of pyridine rings is 1. The second-order valence-electron chi connectivity index (χ2n) is 5.33. The van der Waals surface area contributed by atoms with Crippen molar-refractivity contribution in [3.63, 3.8) is 0 Å². The van der Waals surface area contributed by atoms with Crippen molar-refractivity contribution in [1.29, 1.82) is 0 Å². The van der Waals surface area contributed by atoms with E-state index in [0.717, 1.165) is 11.3 Å². The van der Waals surface area contributed by atoms with Crippen LogP contribution in [-0.2, 0) is 4.79 Å². The van der Waals surface area contributed by atoms with E-state index in [0.29, 0.717) is 19.4 Å². The van der Waals surface area contributed by atoms with Crippen molar-refractivity contribution in [2.24, 2.45) is 0 Å². The maximum atomic E-state index is 11.9. The van der Waals surface area contributed by atoms with Crippen molar-refractivity contribution in [3.8, 4) is 5.75 Å². The van der Waals surface area contributed by atoms with Crippen LogP contribution in [0.2, 0.25) is 0 Å². The van der Waals surface area contributed by atoms with Gasteiger partial charge in [0.05, 0.1) is 12.6 Å². The summed E-state index contributed by atoms with van der Waals surface area (Å²) in [5.41, 5.74) is 2.26. The smallest absolute Gasteiger partial charge is 0.220 e. The minimum Gasteiger partial charge on any atom is -0.494 e. The van der Waals surface area contributed by atoms with Gasteiger partial charge in [0, 0.05) is 18.8 Å². The molecule has 0 saturated heterocycles. The molecule has 1 heterocycles. The number of hydrogen-bond donors (Lipinski definition) is 1. The van der Waals surface area contributed by atoms with Crippen molar-refractivity contribution in [1.82, 2.24) is 10.3 Å². The Balaban J connectivity index is 1.66. The maximum absolute atomic E-state index is 11.9. The number of amides is 1. The molecule has 1 unspecified atom stereocenters. The molecule has 1 amide bonds. The van der Waals surface area contributed by atoms with E-state index in [9.17, 15) is 4.79 Å². The van der Waals surface area contributed by atoms with E-state index < -0.39 is 0 Å². The first-order valence-corrected chi connectivity index (χ1v) is 7.54. The summed E-state index contributed by atoms with van der Waals surface area (Å²) in [5, 5.41) is 2.98. The predicted molar refractivity (Wildman–Crippen MR) is 86.7 cm³/mol. The second kappa shape index (κ2) is 8.17. The molecule has 1 N–H and O–H groups in total. The first-order chi connectivity index (χ1) is 10.6. The fraction of sp³-hybridized carbons (Fsp3) is 0.333. The highest BCUT2D eigenvalue weighted by Gasteiger charge is 2.08. The highest BCUT2D eigenvalue weighted by atomic mass is 16.5. The molecule has 0 radical (unpaired) electrons. The molecule has 2 aromatic rings. The zero-order valence-corrected chi connectivity index (χ0v) is 13.1. The molecular formula is C18H22N2O2. The number of hydrogen-bond acceptors (Lipinski definition) is 3. The van der Waals surface area contributed by atoms with Gasteiger partial charge in [0.1, 0.15) is 5.75 Å². The van der Waals surface area contributed by atoms with Crippen molar-refractivity contribution in [3.05, 3.63) is 59.9 Å². The van der Waals surface area contributed by atoms with Gasteiger partial charge in [-0.1, -0.05) is 17.7 Å². The average molecular weight is 298 g/mol.